The van der Waals surface area contributed by atoms with Crippen molar-refractivity contribution < 1.29 is 12.8 Å². The zero-order chi connectivity index (χ0) is 14.2. The van der Waals surface area contributed by atoms with E-state index in [4.69, 9.17) is 5.14 Å². The third-order valence-electron chi connectivity index (χ3n) is 2.62. The normalized spacial score (nSPS) is 11.8. The first-order valence-electron chi connectivity index (χ1n) is 5.28. The van der Waals surface area contributed by atoms with Crippen LogP contribution in [0.4, 0.5) is 4.39 Å². The predicted molar refractivity (Wildman–Crippen MR) is 71.5 cm³/mol. The quantitative estimate of drug-likeness (QED) is 0.919. The lowest BCUT2D eigenvalue weighted by atomic mass is 10.2. The number of primary sulfonamides is 1. The molecule has 0 aliphatic carbocycles. The van der Waals surface area contributed by atoms with Gasteiger partial charge in [-0.25, -0.2) is 22.9 Å². The molecule has 2 N–H and O–H groups in total. The van der Waals surface area contributed by atoms with Gasteiger partial charge < -0.3 is 4.57 Å². The Bertz CT molecular complexity index is 728. The monoisotopic (exact) mass is 347 g/mol. The summed E-state index contributed by atoms with van der Waals surface area (Å²) in [6.07, 6.45) is 1.34. The van der Waals surface area contributed by atoms with E-state index in [1.807, 2.05) is 0 Å². The molecule has 0 unspecified atom stereocenters. The van der Waals surface area contributed by atoms with Crippen LogP contribution in [-0.4, -0.2) is 18.0 Å². The van der Waals surface area contributed by atoms with Crippen molar-refractivity contribution in [3.63, 3.8) is 0 Å². The molecule has 19 heavy (non-hydrogen) atoms. The fraction of sp³-hybridized carbons (Fsp3) is 0.182. The molecule has 0 bridgehead atoms. The summed E-state index contributed by atoms with van der Waals surface area (Å²) < 4.78 is 37.7. The van der Waals surface area contributed by atoms with Gasteiger partial charge >= 0.3 is 0 Å². The van der Waals surface area contributed by atoms with E-state index in [-0.39, 0.29) is 10.8 Å². The molecule has 0 aliphatic rings. The second-order valence-corrected chi connectivity index (χ2v) is 6.31. The van der Waals surface area contributed by atoms with E-state index in [2.05, 4.69) is 20.9 Å². The number of nitrogens with zero attached hydrogens (tertiary/aromatic N) is 2. The molecule has 2 rings (SSSR count). The number of aromatic nitrogens is 2. The van der Waals surface area contributed by atoms with Crippen LogP contribution < -0.4 is 5.14 Å². The molecule has 1 aromatic carbocycles. The van der Waals surface area contributed by atoms with E-state index in [0.29, 0.717) is 22.4 Å². The molecule has 8 heteroatoms. The first kappa shape index (κ1) is 14.2. The minimum absolute atomic E-state index is 0.197. The molecular weight excluding hydrogens is 337 g/mol. The van der Waals surface area contributed by atoms with E-state index in [0.717, 1.165) is 0 Å². The molecule has 1 heterocycles. The van der Waals surface area contributed by atoms with Crippen LogP contribution in [0.1, 0.15) is 11.4 Å². The Morgan fingerprint density at radius 2 is 2.16 bits per heavy atom. The highest BCUT2D eigenvalue weighted by Crippen LogP contribution is 2.22. The zero-order valence-corrected chi connectivity index (χ0v) is 12.4. The lowest BCUT2D eigenvalue weighted by Crippen LogP contribution is -2.12. The van der Waals surface area contributed by atoms with Crippen LogP contribution in [0.25, 0.3) is 0 Å². The van der Waals surface area contributed by atoms with E-state index in [9.17, 15) is 12.8 Å². The molecule has 2 aromatic rings. The molecule has 0 amide bonds. The van der Waals surface area contributed by atoms with E-state index in [1.165, 1.54) is 12.3 Å². The third kappa shape index (κ3) is 3.02. The van der Waals surface area contributed by atoms with Gasteiger partial charge in [-0.05, 0) is 34.5 Å². The van der Waals surface area contributed by atoms with Gasteiger partial charge in [-0.3, -0.25) is 0 Å². The minimum Gasteiger partial charge on any atom is -0.329 e. The highest BCUT2D eigenvalue weighted by Gasteiger charge is 2.15. The molecule has 0 radical (unpaired) electrons. The van der Waals surface area contributed by atoms with Gasteiger partial charge in [-0.1, -0.05) is 12.1 Å². The number of halogens is 2. The molecule has 1 aromatic heterocycles. The second kappa shape index (κ2) is 5.03. The Labute approximate surface area is 118 Å². The average molecular weight is 348 g/mol. The number of hydrogen-bond acceptors (Lipinski definition) is 3. The van der Waals surface area contributed by atoms with Crippen molar-refractivity contribution in [3.8, 4) is 0 Å². The van der Waals surface area contributed by atoms with Gasteiger partial charge in [0.25, 0.3) is 10.0 Å². The summed E-state index contributed by atoms with van der Waals surface area (Å²) in [6, 6.07) is 4.66. The predicted octanol–water partition coefficient (Wildman–Crippen LogP) is 1.79. The standard InChI is InChI=1S/C11H11BrFN3O2S/c1-7-15-10(19(14,17)18)6-16(7)5-8-3-2-4-9(13)11(8)12/h2-4,6H,5H2,1H3,(H2,14,17,18). The first-order chi connectivity index (χ1) is 8.79. The van der Waals surface area contributed by atoms with Crippen LogP contribution in [0.3, 0.4) is 0 Å². The topological polar surface area (TPSA) is 78.0 Å². The highest BCUT2D eigenvalue weighted by atomic mass is 79.9. The molecule has 0 spiro atoms. The van der Waals surface area contributed by atoms with Crippen LogP contribution >= 0.6 is 15.9 Å². The van der Waals surface area contributed by atoms with Gasteiger partial charge in [0.1, 0.15) is 11.6 Å². The summed E-state index contributed by atoms with van der Waals surface area (Å²) >= 11 is 3.16. The van der Waals surface area contributed by atoms with Crippen LogP contribution in [0.5, 0.6) is 0 Å². The van der Waals surface area contributed by atoms with Crippen LogP contribution in [0.2, 0.25) is 0 Å². The Morgan fingerprint density at radius 1 is 1.47 bits per heavy atom. The summed E-state index contributed by atoms with van der Waals surface area (Å²) in [5, 5.41) is 4.82. The van der Waals surface area contributed by atoms with Crippen molar-refractivity contribution in [3.05, 3.63) is 46.1 Å². The van der Waals surface area contributed by atoms with Crippen molar-refractivity contribution in [2.75, 3.05) is 0 Å². The first-order valence-corrected chi connectivity index (χ1v) is 7.62. The largest absolute Gasteiger partial charge is 0.329 e. The van der Waals surface area contributed by atoms with E-state index in [1.54, 1.807) is 23.6 Å². The van der Waals surface area contributed by atoms with Crippen molar-refractivity contribution in [2.45, 2.75) is 18.5 Å². The Morgan fingerprint density at radius 3 is 2.74 bits per heavy atom. The Kier molecular flexibility index (Phi) is 3.75. The maximum atomic E-state index is 13.4. The molecule has 0 saturated carbocycles. The number of rotatable bonds is 3. The maximum Gasteiger partial charge on any atom is 0.257 e. The summed E-state index contributed by atoms with van der Waals surface area (Å²) in [4.78, 5) is 3.87. The molecule has 0 fully saturated rings. The highest BCUT2D eigenvalue weighted by molar-refractivity contribution is 9.10. The van der Waals surface area contributed by atoms with E-state index >= 15 is 0 Å². The molecule has 0 atom stereocenters. The summed E-state index contributed by atoms with van der Waals surface area (Å²) in [6.45, 7) is 1.95. The average Bonchev–Trinajstić information content (AvgIpc) is 2.67. The van der Waals surface area contributed by atoms with Gasteiger partial charge in [0.05, 0.1) is 4.47 Å². The third-order valence-corrected chi connectivity index (χ3v) is 4.29. The SMILES string of the molecule is Cc1nc(S(N)(=O)=O)cn1Cc1cccc(F)c1Br. The molecule has 0 aliphatic heterocycles. The lowest BCUT2D eigenvalue weighted by Gasteiger charge is -2.07. The van der Waals surface area contributed by atoms with Crippen LogP contribution in [-0.2, 0) is 16.6 Å². The minimum atomic E-state index is -3.83. The summed E-state index contributed by atoms with van der Waals surface area (Å²) in [7, 11) is -3.83. The summed E-state index contributed by atoms with van der Waals surface area (Å²) in [5.74, 6) is 0.113. The molecule has 5 nitrogen and oxygen atoms in total. The Balaban J connectivity index is 2.39. The number of nitrogens with two attached hydrogens (primary N) is 1. The molecule has 0 saturated heterocycles. The number of sulfonamides is 1. The van der Waals surface area contributed by atoms with Crippen molar-refractivity contribution >= 4 is 26.0 Å². The van der Waals surface area contributed by atoms with Crippen molar-refractivity contribution in [2.24, 2.45) is 5.14 Å². The second-order valence-electron chi connectivity index (χ2n) is 4.01. The van der Waals surface area contributed by atoms with Gasteiger partial charge in [0.15, 0.2) is 5.03 Å². The Hall–Kier alpha value is -1.25. The molecule has 102 valence electrons. The van der Waals surface area contributed by atoms with E-state index < -0.39 is 10.0 Å². The van der Waals surface area contributed by atoms with Gasteiger partial charge in [-0.15, -0.1) is 0 Å². The maximum absolute atomic E-state index is 13.4. The number of hydrogen-bond donors (Lipinski definition) is 1. The van der Waals surface area contributed by atoms with Gasteiger partial charge in [-0.2, -0.15) is 0 Å². The zero-order valence-electron chi connectivity index (χ0n) is 9.97. The van der Waals surface area contributed by atoms with Gasteiger partial charge in [0.2, 0.25) is 0 Å². The fourth-order valence-electron chi connectivity index (χ4n) is 1.63. The van der Waals surface area contributed by atoms with Crippen LogP contribution in [0.15, 0.2) is 33.9 Å². The molecular formula is C11H11BrFN3O2S. The van der Waals surface area contributed by atoms with Crippen LogP contribution in [0, 0.1) is 12.7 Å². The van der Waals surface area contributed by atoms with Crippen molar-refractivity contribution in [1.29, 1.82) is 0 Å². The number of aryl methyl sites for hydroxylation is 1. The number of benzene rings is 1. The van der Waals surface area contributed by atoms with Gasteiger partial charge in [0, 0.05) is 12.7 Å². The van der Waals surface area contributed by atoms with Crippen molar-refractivity contribution in [1.82, 2.24) is 9.55 Å². The smallest absolute Gasteiger partial charge is 0.257 e. The number of imidazole rings is 1. The lowest BCUT2D eigenvalue weighted by molar-refractivity contribution is 0.594. The summed E-state index contributed by atoms with van der Waals surface area (Å²) in [5.41, 5.74) is 0.682. The fourth-order valence-corrected chi connectivity index (χ4v) is 2.55.